The highest BCUT2D eigenvalue weighted by Gasteiger charge is 2.19. The monoisotopic (exact) mass is 290 g/mol. The molecule has 0 aromatic heterocycles. The first kappa shape index (κ1) is 12.6. The predicted octanol–water partition coefficient (Wildman–Crippen LogP) is 5.53. The van der Waals surface area contributed by atoms with Gasteiger partial charge in [-0.3, -0.25) is 0 Å². The molecule has 0 saturated carbocycles. The molecule has 0 N–H and O–H groups in total. The van der Waals surface area contributed by atoms with Crippen molar-refractivity contribution in [2.24, 2.45) is 0 Å². The van der Waals surface area contributed by atoms with E-state index in [1.165, 1.54) is 0 Å². The van der Waals surface area contributed by atoms with E-state index in [0.717, 1.165) is 27.7 Å². The molecule has 3 rings (SSSR count). The molecule has 2 aromatic carbocycles. The minimum atomic E-state index is 0.298. The van der Waals surface area contributed by atoms with Gasteiger partial charge in [-0.05, 0) is 42.5 Å². The molecule has 1 aliphatic rings. The molecular formula is C16H12Cl2O. The summed E-state index contributed by atoms with van der Waals surface area (Å²) in [5.41, 5.74) is 2.17. The van der Waals surface area contributed by atoms with Gasteiger partial charge in [0.1, 0.15) is 11.5 Å². The SMILES string of the molecule is CC1C=C(c2ccc(Cl)cc2)Oc2cc(Cl)ccc21. The van der Waals surface area contributed by atoms with Gasteiger partial charge in [-0.15, -0.1) is 0 Å². The van der Waals surface area contributed by atoms with E-state index in [4.69, 9.17) is 27.9 Å². The first-order valence-electron chi connectivity index (χ1n) is 6.08. The molecule has 0 spiro atoms. The number of rotatable bonds is 1. The highest BCUT2D eigenvalue weighted by atomic mass is 35.5. The number of allylic oxidation sites excluding steroid dienone is 1. The molecule has 0 amide bonds. The van der Waals surface area contributed by atoms with Crippen LogP contribution in [0.4, 0.5) is 0 Å². The molecule has 2 aromatic rings. The molecule has 1 aliphatic heterocycles. The van der Waals surface area contributed by atoms with Crippen LogP contribution < -0.4 is 4.74 Å². The van der Waals surface area contributed by atoms with Crippen molar-refractivity contribution in [1.82, 2.24) is 0 Å². The summed E-state index contributed by atoms with van der Waals surface area (Å²) in [6.07, 6.45) is 2.11. The predicted molar refractivity (Wildman–Crippen MR) is 79.9 cm³/mol. The molecule has 1 atom stereocenters. The average molecular weight is 291 g/mol. The highest BCUT2D eigenvalue weighted by Crippen LogP contribution is 2.38. The van der Waals surface area contributed by atoms with Crippen molar-refractivity contribution >= 4 is 29.0 Å². The number of ether oxygens (including phenoxy) is 1. The first-order chi connectivity index (χ1) is 9.13. The van der Waals surface area contributed by atoms with Crippen LogP contribution in [0.25, 0.3) is 5.76 Å². The normalized spacial score (nSPS) is 17.4. The lowest BCUT2D eigenvalue weighted by atomic mass is 9.95. The van der Waals surface area contributed by atoms with Gasteiger partial charge < -0.3 is 4.74 Å². The van der Waals surface area contributed by atoms with E-state index >= 15 is 0 Å². The molecule has 1 heterocycles. The molecule has 0 fully saturated rings. The minimum absolute atomic E-state index is 0.298. The second-order valence-electron chi connectivity index (χ2n) is 4.61. The van der Waals surface area contributed by atoms with Crippen molar-refractivity contribution in [1.29, 1.82) is 0 Å². The lowest BCUT2D eigenvalue weighted by Gasteiger charge is -2.23. The van der Waals surface area contributed by atoms with Crippen molar-refractivity contribution in [2.75, 3.05) is 0 Å². The van der Waals surface area contributed by atoms with Crippen molar-refractivity contribution in [3.63, 3.8) is 0 Å². The molecule has 3 heteroatoms. The number of benzene rings is 2. The van der Waals surface area contributed by atoms with Crippen LogP contribution in [0.2, 0.25) is 10.0 Å². The fourth-order valence-electron chi connectivity index (χ4n) is 2.21. The van der Waals surface area contributed by atoms with Crippen LogP contribution in [0.5, 0.6) is 5.75 Å². The van der Waals surface area contributed by atoms with E-state index in [1.807, 2.05) is 42.5 Å². The van der Waals surface area contributed by atoms with Gasteiger partial charge in [0.05, 0.1) is 0 Å². The Morgan fingerprint density at radius 3 is 2.37 bits per heavy atom. The summed E-state index contributed by atoms with van der Waals surface area (Å²) >= 11 is 11.9. The Bertz CT molecular complexity index is 644. The zero-order valence-electron chi connectivity index (χ0n) is 10.4. The number of halogens is 2. The fourth-order valence-corrected chi connectivity index (χ4v) is 2.50. The zero-order valence-corrected chi connectivity index (χ0v) is 11.9. The molecule has 0 radical (unpaired) electrons. The first-order valence-corrected chi connectivity index (χ1v) is 6.84. The van der Waals surface area contributed by atoms with Gasteiger partial charge >= 0.3 is 0 Å². The smallest absolute Gasteiger partial charge is 0.132 e. The molecule has 1 unspecified atom stereocenters. The second-order valence-corrected chi connectivity index (χ2v) is 5.48. The Morgan fingerprint density at radius 2 is 1.63 bits per heavy atom. The topological polar surface area (TPSA) is 9.23 Å². The molecule has 0 bridgehead atoms. The van der Waals surface area contributed by atoms with Crippen LogP contribution >= 0.6 is 23.2 Å². The van der Waals surface area contributed by atoms with Gasteiger partial charge in [0.15, 0.2) is 0 Å². The Labute approximate surface area is 122 Å². The standard InChI is InChI=1S/C16H12Cl2O/c1-10-8-15(11-2-4-12(17)5-3-11)19-16-9-13(18)6-7-14(10)16/h2-10H,1H3. The van der Waals surface area contributed by atoms with Crippen LogP contribution in [0.1, 0.15) is 24.0 Å². The Balaban J connectivity index is 2.00. The average Bonchev–Trinajstić information content (AvgIpc) is 2.38. The van der Waals surface area contributed by atoms with E-state index in [2.05, 4.69) is 13.0 Å². The van der Waals surface area contributed by atoms with Crippen LogP contribution in [0.3, 0.4) is 0 Å². The summed E-state index contributed by atoms with van der Waals surface area (Å²) in [4.78, 5) is 0. The van der Waals surface area contributed by atoms with E-state index in [9.17, 15) is 0 Å². The number of hydrogen-bond donors (Lipinski definition) is 0. The van der Waals surface area contributed by atoms with Crippen LogP contribution in [-0.2, 0) is 0 Å². The summed E-state index contributed by atoms with van der Waals surface area (Å²) in [6, 6.07) is 13.4. The van der Waals surface area contributed by atoms with Gasteiger partial charge in [0.25, 0.3) is 0 Å². The molecule has 96 valence electrons. The quantitative estimate of drug-likeness (QED) is 0.671. The van der Waals surface area contributed by atoms with Crippen molar-refractivity contribution in [3.8, 4) is 5.75 Å². The van der Waals surface area contributed by atoms with Crippen molar-refractivity contribution in [2.45, 2.75) is 12.8 Å². The second kappa shape index (κ2) is 4.92. The van der Waals surface area contributed by atoms with Crippen molar-refractivity contribution in [3.05, 3.63) is 69.7 Å². The maximum Gasteiger partial charge on any atom is 0.132 e. The minimum Gasteiger partial charge on any atom is -0.457 e. The molecule has 19 heavy (non-hydrogen) atoms. The molecule has 0 aliphatic carbocycles. The van der Waals surface area contributed by atoms with Crippen LogP contribution in [0, 0.1) is 0 Å². The third-order valence-corrected chi connectivity index (χ3v) is 3.70. The molecule has 1 nitrogen and oxygen atoms in total. The number of fused-ring (bicyclic) bond motifs is 1. The van der Waals surface area contributed by atoms with E-state index < -0.39 is 0 Å². The highest BCUT2D eigenvalue weighted by molar-refractivity contribution is 6.31. The van der Waals surface area contributed by atoms with Gasteiger partial charge in [-0.2, -0.15) is 0 Å². The fraction of sp³-hybridized carbons (Fsp3) is 0.125. The largest absolute Gasteiger partial charge is 0.457 e. The van der Waals surface area contributed by atoms with Gasteiger partial charge in [0, 0.05) is 27.1 Å². The summed E-state index contributed by atoms with van der Waals surface area (Å²) in [5, 5.41) is 1.40. The van der Waals surface area contributed by atoms with E-state index in [1.54, 1.807) is 0 Å². The maximum absolute atomic E-state index is 6.02. The Kier molecular flexibility index (Phi) is 3.26. The lowest BCUT2D eigenvalue weighted by Crippen LogP contribution is -2.06. The zero-order chi connectivity index (χ0) is 13.4. The number of hydrogen-bond acceptors (Lipinski definition) is 1. The summed E-state index contributed by atoms with van der Waals surface area (Å²) in [5.74, 6) is 1.97. The molecular weight excluding hydrogens is 279 g/mol. The summed E-state index contributed by atoms with van der Waals surface area (Å²) in [6.45, 7) is 2.14. The maximum atomic E-state index is 6.02. The lowest BCUT2D eigenvalue weighted by molar-refractivity contribution is 0.490. The van der Waals surface area contributed by atoms with Gasteiger partial charge in [-0.1, -0.05) is 36.2 Å². The van der Waals surface area contributed by atoms with E-state index in [0.29, 0.717) is 10.9 Å². The Hall–Kier alpha value is -1.44. The molecule has 0 saturated heterocycles. The van der Waals surface area contributed by atoms with Crippen molar-refractivity contribution < 1.29 is 4.74 Å². The Morgan fingerprint density at radius 1 is 0.947 bits per heavy atom. The third kappa shape index (κ3) is 2.49. The van der Waals surface area contributed by atoms with Gasteiger partial charge in [0.2, 0.25) is 0 Å². The third-order valence-electron chi connectivity index (χ3n) is 3.22. The van der Waals surface area contributed by atoms with E-state index in [-0.39, 0.29) is 0 Å². The summed E-state index contributed by atoms with van der Waals surface area (Å²) < 4.78 is 5.94. The van der Waals surface area contributed by atoms with Gasteiger partial charge in [-0.25, -0.2) is 0 Å². The summed E-state index contributed by atoms with van der Waals surface area (Å²) in [7, 11) is 0. The van der Waals surface area contributed by atoms with Crippen LogP contribution in [-0.4, -0.2) is 0 Å². The van der Waals surface area contributed by atoms with Crippen LogP contribution in [0.15, 0.2) is 48.5 Å².